The van der Waals surface area contributed by atoms with Crippen LogP contribution in [0.2, 0.25) is 0 Å². The molecule has 1 atom stereocenters. The molecule has 0 aromatic heterocycles. The van der Waals surface area contributed by atoms with Crippen LogP contribution in [0.1, 0.15) is 58.4 Å². The van der Waals surface area contributed by atoms with E-state index in [1.165, 1.54) is 34.3 Å². The second-order valence-corrected chi connectivity index (χ2v) is 11.1. The predicted molar refractivity (Wildman–Crippen MR) is 126 cm³/mol. The lowest BCUT2D eigenvalue weighted by atomic mass is 9.89. The van der Waals surface area contributed by atoms with E-state index in [1.54, 1.807) is 12.1 Å². The van der Waals surface area contributed by atoms with Gasteiger partial charge in [0.2, 0.25) is 10.0 Å². The summed E-state index contributed by atoms with van der Waals surface area (Å²) >= 11 is 0. The van der Waals surface area contributed by atoms with Gasteiger partial charge in [0.25, 0.3) is 5.91 Å². The number of piperazine rings is 1. The summed E-state index contributed by atoms with van der Waals surface area (Å²) in [6, 6.07) is 11.2. The first-order valence-corrected chi connectivity index (χ1v) is 12.9. The van der Waals surface area contributed by atoms with Crippen molar-refractivity contribution in [3.63, 3.8) is 0 Å². The van der Waals surface area contributed by atoms with E-state index in [9.17, 15) is 13.2 Å². The molecule has 0 spiro atoms. The van der Waals surface area contributed by atoms with Gasteiger partial charge in [-0.25, -0.2) is 8.42 Å². The Hall–Kier alpha value is -2.22. The highest BCUT2D eigenvalue weighted by atomic mass is 32.2. The van der Waals surface area contributed by atoms with Crippen molar-refractivity contribution in [2.24, 2.45) is 0 Å². The van der Waals surface area contributed by atoms with Crippen molar-refractivity contribution in [1.29, 1.82) is 0 Å². The molecule has 1 aliphatic carbocycles. The number of benzene rings is 2. The molecule has 6 nitrogen and oxygen atoms in total. The van der Waals surface area contributed by atoms with Crippen molar-refractivity contribution < 1.29 is 13.2 Å². The third-order valence-corrected chi connectivity index (χ3v) is 8.67. The molecule has 1 saturated heterocycles. The Labute approximate surface area is 191 Å². The summed E-state index contributed by atoms with van der Waals surface area (Å²) in [6.07, 6.45) is 4.68. The molecule has 1 aliphatic heterocycles. The fraction of sp³-hybridized carbons (Fsp3) is 0.480. The molecule has 172 valence electrons. The predicted octanol–water partition coefficient (Wildman–Crippen LogP) is 3.30. The number of rotatable bonds is 5. The molecule has 32 heavy (non-hydrogen) atoms. The van der Waals surface area contributed by atoms with E-state index in [0.29, 0.717) is 31.7 Å². The molecule has 1 fully saturated rings. The van der Waals surface area contributed by atoms with Crippen LogP contribution in [0, 0.1) is 6.92 Å². The highest BCUT2D eigenvalue weighted by molar-refractivity contribution is 7.89. The second-order valence-electron chi connectivity index (χ2n) is 9.11. The number of amides is 1. The molecule has 1 heterocycles. The van der Waals surface area contributed by atoms with E-state index in [1.807, 2.05) is 20.9 Å². The summed E-state index contributed by atoms with van der Waals surface area (Å²) in [7, 11) is -1.63. The quantitative estimate of drug-likeness (QED) is 0.751. The van der Waals surface area contributed by atoms with Gasteiger partial charge in [-0.15, -0.1) is 0 Å². The van der Waals surface area contributed by atoms with E-state index >= 15 is 0 Å². The normalized spacial score (nSPS) is 18.7. The van der Waals surface area contributed by atoms with Crippen molar-refractivity contribution >= 4 is 15.9 Å². The summed E-state index contributed by atoms with van der Waals surface area (Å²) in [5.41, 5.74) is 5.04. The lowest BCUT2D eigenvalue weighted by Crippen LogP contribution is -2.47. The largest absolute Gasteiger partial charge is 0.346 e. The van der Waals surface area contributed by atoms with Crippen LogP contribution in [0.15, 0.2) is 41.3 Å². The molecule has 1 N–H and O–H groups in total. The summed E-state index contributed by atoms with van der Waals surface area (Å²) < 4.78 is 27.8. The maximum absolute atomic E-state index is 13.1. The van der Waals surface area contributed by atoms with Gasteiger partial charge in [-0.1, -0.05) is 24.3 Å². The molecular weight excluding hydrogens is 422 g/mol. The number of hydrogen-bond acceptors (Lipinski definition) is 4. The summed E-state index contributed by atoms with van der Waals surface area (Å²) in [5.74, 6) is -0.247. The van der Waals surface area contributed by atoms with Crippen molar-refractivity contribution in [2.45, 2.75) is 50.5 Å². The maximum Gasteiger partial charge on any atom is 0.252 e. The average Bonchev–Trinajstić information content (AvgIpc) is 2.79. The van der Waals surface area contributed by atoms with Crippen LogP contribution < -0.4 is 5.32 Å². The van der Waals surface area contributed by atoms with E-state index in [2.05, 4.69) is 28.4 Å². The molecule has 0 radical (unpaired) electrons. The number of carbonyl (C=O) groups is 1. The van der Waals surface area contributed by atoms with Gasteiger partial charge in [0.15, 0.2) is 0 Å². The van der Waals surface area contributed by atoms with Crippen LogP contribution in [0.5, 0.6) is 0 Å². The van der Waals surface area contributed by atoms with Gasteiger partial charge in [-0.3, -0.25) is 4.79 Å². The van der Waals surface area contributed by atoms with Crippen LogP contribution in [0.25, 0.3) is 0 Å². The minimum atomic E-state index is -3.62. The number of carbonyl (C=O) groups excluding carboxylic acids is 1. The van der Waals surface area contributed by atoms with Gasteiger partial charge in [-0.2, -0.15) is 4.31 Å². The lowest BCUT2D eigenvalue weighted by Gasteiger charge is -2.31. The number of nitrogens with zero attached hydrogens (tertiary/aromatic N) is 2. The van der Waals surface area contributed by atoms with Crippen molar-refractivity contribution in [3.8, 4) is 0 Å². The number of sulfonamides is 1. The molecule has 4 rings (SSSR count). The topological polar surface area (TPSA) is 69.7 Å². The monoisotopic (exact) mass is 455 g/mol. The number of hydrogen-bond donors (Lipinski definition) is 1. The summed E-state index contributed by atoms with van der Waals surface area (Å²) in [4.78, 5) is 15.4. The minimum absolute atomic E-state index is 0.160. The SMILES string of the molecule is Cc1ccc(S(=O)(=O)N2CCN(C)CC2)cc1C(=O)N[C@H](C)c1ccc2c(c1)CCCC2. The third-order valence-electron chi connectivity index (χ3n) is 6.77. The molecule has 0 unspecified atom stereocenters. The second kappa shape index (κ2) is 9.33. The van der Waals surface area contributed by atoms with Gasteiger partial charge < -0.3 is 10.2 Å². The van der Waals surface area contributed by atoms with Crippen LogP contribution in [0.4, 0.5) is 0 Å². The average molecular weight is 456 g/mol. The van der Waals surface area contributed by atoms with Crippen molar-refractivity contribution in [1.82, 2.24) is 14.5 Å². The zero-order valence-corrected chi connectivity index (χ0v) is 20.0. The Balaban J connectivity index is 1.52. The highest BCUT2D eigenvalue weighted by Gasteiger charge is 2.28. The summed E-state index contributed by atoms with van der Waals surface area (Å²) in [5, 5.41) is 3.07. The van der Waals surface area contributed by atoms with Crippen LogP contribution in [0.3, 0.4) is 0 Å². The Bertz CT molecular complexity index is 1110. The fourth-order valence-electron chi connectivity index (χ4n) is 4.56. The van der Waals surface area contributed by atoms with Gasteiger partial charge in [-0.05, 0) is 81.0 Å². The first kappa shape index (κ1) is 23.0. The third kappa shape index (κ3) is 4.75. The van der Waals surface area contributed by atoms with Gasteiger partial charge in [0, 0.05) is 31.7 Å². The number of nitrogens with one attached hydrogen (secondary N) is 1. The molecule has 2 aromatic rings. The lowest BCUT2D eigenvalue weighted by molar-refractivity contribution is 0.0939. The molecule has 0 saturated carbocycles. The van der Waals surface area contributed by atoms with Crippen molar-refractivity contribution in [2.75, 3.05) is 33.2 Å². The van der Waals surface area contributed by atoms with Crippen LogP contribution >= 0.6 is 0 Å². The molecule has 1 amide bonds. The maximum atomic E-state index is 13.1. The number of likely N-dealkylation sites (N-methyl/N-ethyl adjacent to an activating group) is 1. The Morgan fingerprint density at radius 3 is 2.38 bits per heavy atom. The van der Waals surface area contributed by atoms with E-state index in [4.69, 9.17) is 0 Å². The number of aryl methyl sites for hydroxylation is 3. The summed E-state index contributed by atoms with van der Waals surface area (Å²) in [6.45, 7) is 6.15. The smallest absolute Gasteiger partial charge is 0.252 e. The molecule has 2 aromatic carbocycles. The first-order chi connectivity index (χ1) is 15.3. The van der Waals surface area contributed by atoms with Crippen molar-refractivity contribution in [3.05, 3.63) is 64.2 Å². The van der Waals surface area contributed by atoms with E-state index in [0.717, 1.165) is 24.0 Å². The Kier molecular flexibility index (Phi) is 6.70. The zero-order valence-electron chi connectivity index (χ0n) is 19.2. The number of fused-ring (bicyclic) bond motifs is 1. The standard InChI is InChI=1S/C25H33N3O3S/c1-18-8-11-23(32(30,31)28-14-12-27(3)13-15-28)17-24(18)25(29)26-19(2)21-10-9-20-6-4-5-7-22(20)16-21/h8-11,16-17,19H,4-7,12-15H2,1-3H3,(H,26,29)/t19-/m1/s1. The minimum Gasteiger partial charge on any atom is -0.346 e. The Morgan fingerprint density at radius 1 is 0.969 bits per heavy atom. The van der Waals surface area contributed by atoms with Crippen LogP contribution in [-0.4, -0.2) is 56.8 Å². The van der Waals surface area contributed by atoms with E-state index < -0.39 is 10.0 Å². The molecular formula is C25H33N3O3S. The van der Waals surface area contributed by atoms with E-state index in [-0.39, 0.29) is 16.8 Å². The fourth-order valence-corrected chi connectivity index (χ4v) is 6.01. The highest BCUT2D eigenvalue weighted by Crippen LogP contribution is 2.26. The first-order valence-electron chi connectivity index (χ1n) is 11.5. The Morgan fingerprint density at radius 2 is 1.66 bits per heavy atom. The van der Waals surface area contributed by atoms with Gasteiger partial charge in [0.1, 0.15) is 0 Å². The molecule has 2 aliphatic rings. The molecule has 7 heteroatoms. The zero-order chi connectivity index (χ0) is 22.9. The van der Waals surface area contributed by atoms with Gasteiger partial charge in [0.05, 0.1) is 10.9 Å². The van der Waals surface area contributed by atoms with Crippen LogP contribution in [-0.2, 0) is 22.9 Å². The van der Waals surface area contributed by atoms with Gasteiger partial charge >= 0.3 is 0 Å². The molecule has 0 bridgehead atoms.